The number of benzene rings is 2. The molecule has 6 nitrogen and oxygen atoms in total. The third-order valence-corrected chi connectivity index (χ3v) is 3.99. The van der Waals surface area contributed by atoms with Gasteiger partial charge in [0, 0.05) is 12.6 Å². The number of halogens is 4. The van der Waals surface area contributed by atoms with Gasteiger partial charge in [0.1, 0.15) is 0 Å². The van der Waals surface area contributed by atoms with Gasteiger partial charge in [-0.2, -0.15) is 0 Å². The van der Waals surface area contributed by atoms with Gasteiger partial charge in [0.15, 0.2) is 29.0 Å². The zero-order valence-electron chi connectivity index (χ0n) is 13.8. The van der Waals surface area contributed by atoms with E-state index in [9.17, 15) is 22.8 Å². The number of nitrogens with zero attached hydrogens (tertiary/aromatic N) is 1. The molecule has 2 aromatic rings. The average Bonchev–Trinajstić information content (AvgIpc) is 3.10. The first kappa shape index (κ1) is 18.8. The number of rotatable bonds is 4. The minimum Gasteiger partial charge on any atom is -0.454 e. The molecule has 1 aliphatic rings. The second kappa shape index (κ2) is 7.36. The molecule has 0 aromatic heterocycles. The molecular weight excluding hydrogens is 389 g/mol. The maximum Gasteiger partial charge on any atom is 0.254 e. The van der Waals surface area contributed by atoms with E-state index in [4.69, 9.17) is 21.1 Å². The molecule has 0 fully saturated rings. The maximum absolute atomic E-state index is 13.6. The van der Waals surface area contributed by atoms with Crippen LogP contribution in [0.15, 0.2) is 24.3 Å². The van der Waals surface area contributed by atoms with Crippen LogP contribution in [0.2, 0.25) is 5.02 Å². The van der Waals surface area contributed by atoms with Crippen LogP contribution in [0.4, 0.5) is 18.9 Å². The molecule has 3 rings (SSSR count). The monoisotopic (exact) mass is 400 g/mol. The fraction of sp³-hybridized carbons (Fsp3) is 0.176. The third-order valence-electron chi connectivity index (χ3n) is 3.71. The maximum atomic E-state index is 13.6. The van der Waals surface area contributed by atoms with E-state index >= 15 is 0 Å². The Kier molecular flexibility index (Phi) is 5.13. The van der Waals surface area contributed by atoms with Gasteiger partial charge in [0.2, 0.25) is 12.7 Å². The second-order valence-corrected chi connectivity index (χ2v) is 6.03. The molecular formula is C17H12ClF3N2O4. The Labute approximate surface area is 156 Å². The Morgan fingerprint density at radius 3 is 2.67 bits per heavy atom. The van der Waals surface area contributed by atoms with Crippen LogP contribution in [0.3, 0.4) is 0 Å². The van der Waals surface area contributed by atoms with Gasteiger partial charge >= 0.3 is 0 Å². The van der Waals surface area contributed by atoms with E-state index in [1.165, 1.54) is 19.2 Å². The predicted molar refractivity (Wildman–Crippen MR) is 89.5 cm³/mol. The van der Waals surface area contributed by atoms with Crippen molar-refractivity contribution in [2.75, 3.05) is 25.7 Å². The lowest BCUT2D eigenvalue weighted by molar-refractivity contribution is -0.116. The highest BCUT2D eigenvalue weighted by molar-refractivity contribution is 6.32. The average molecular weight is 401 g/mol. The number of ether oxygens (including phenoxy) is 2. The highest BCUT2D eigenvalue weighted by Crippen LogP contribution is 2.40. The smallest absolute Gasteiger partial charge is 0.254 e. The first-order chi connectivity index (χ1) is 12.8. The number of hydrogen-bond donors (Lipinski definition) is 1. The fourth-order valence-electron chi connectivity index (χ4n) is 2.41. The van der Waals surface area contributed by atoms with Crippen LogP contribution in [-0.4, -0.2) is 37.1 Å². The van der Waals surface area contributed by atoms with Crippen LogP contribution in [0.25, 0.3) is 0 Å². The van der Waals surface area contributed by atoms with Crippen molar-refractivity contribution in [2.45, 2.75) is 0 Å². The van der Waals surface area contributed by atoms with E-state index < -0.39 is 41.5 Å². The molecule has 0 saturated carbocycles. The molecule has 0 spiro atoms. The van der Waals surface area contributed by atoms with Crippen molar-refractivity contribution in [1.29, 1.82) is 0 Å². The van der Waals surface area contributed by atoms with Crippen molar-refractivity contribution in [3.8, 4) is 11.5 Å². The summed E-state index contributed by atoms with van der Waals surface area (Å²) in [6, 6.07) is 4.34. The molecule has 2 amide bonds. The quantitative estimate of drug-likeness (QED) is 0.800. The summed E-state index contributed by atoms with van der Waals surface area (Å²) in [5.74, 6) is -5.35. The molecule has 0 aliphatic carbocycles. The van der Waals surface area contributed by atoms with E-state index in [1.807, 2.05) is 0 Å². The molecule has 0 saturated heterocycles. The summed E-state index contributed by atoms with van der Waals surface area (Å²) in [6.45, 7) is -0.492. The van der Waals surface area contributed by atoms with Crippen LogP contribution in [0.5, 0.6) is 11.5 Å². The third kappa shape index (κ3) is 3.77. The van der Waals surface area contributed by atoms with Crippen molar-refractivity contribution in [3.05, 3.63) is 52.3 Å². The Hall–Kier alpha value is -2.94. The molecule has 142 valence electrons. The molecule has 2 aromatic carbocycles. The Morgan fingerprint density at radius 2 is 1.93 bits per heavy atom. The van der Waals surface area contributed by atoms with Crippen LogP contribution in [0.1, 0.15) is 10.4 Å². The normalized spacial score (nSPS) is 12.0. The number of amides is 2. The van der Waals surface area contributed by atoms with Gasteiger partial charge in [0.05, 0.1) is 17.3 Å². The number of carbonyl (C=O) groups is 2. The van der Waals surface area contributed by atoms with Gasteiger partial charge in [-0.15, -0.1) is 0 Å². The van der Waals surface area contributed by atoms with Crippen molar-refractivity contribution in [2.24, 2.45) is 0 Å². The minimum absolute atomic E-state index is 0.0231. The fourth-order valence-corrected chi connectivity index (χ4v) is 2.68. The number of fused-ring (bicyclic) bond motifs is 1. The van der Waals surface area contributed by atoms with Crippen LogP contribution in [0, 0.1) is 17.5 Å². The van der Waals surface area contributed by atoms with Crippen LogP contribution >= 0.6 is 11.6 Å². The van der Waals surface area contributed by atoms with Gasteiger partial charge in [-0.05, 0) is 24.3 Å². The summed E-state index contributed by atoms with van der Waals surface area (Å²) in [5.41, 5.74) is -0.385. The summed E-state index contributed by atoms with van der Waals surface area (Å²) >= 11 is 6.02. The first-order valence-corrected chi connectivity index (χ1v) is 7.93. The van der Waals surface area contributed by atoms with Crippen molar-refractivity contribution < 1.29 is 32.2 Å². The number of anilines is 1. The summed E-state index contributed by atoms with van der Waals surface area (Å²) in [5, 5.41) is 2.26. The zero-order chi connectivity index (χ0) is 19.7. The first-order valence-electron chi connectivity index (χ1n) is 7.56. The van der Waals surface area contributed by atoms with E-state index in [-0.39, 0.29) is 17.4 Å². The topological polar surface area (TPSA) is 67.9 Å². The number of nitrogens with one attached hydrogen (secondary N) is 1. The van der Waals surface area contributed by atoms with E-state index in [2.05, 4.69) is 5.32 Å². The van der Waals surface area contributed by atoms with Gasteiger partial charge in [-0.3, -0.25) is 9.59 Å². The largest absolute Gasteiger partial charge is 0.454 e. The summed E-state index contributed by atoms with van der Waals surface area (Å²) in [4.78, 5) is 25.5. The van der Waals surface area contributed by atoms with Gasteiger partial charge in [-0.25, -0.2) is 13.2 Å². The van der Waals surface area contributed by atoms with Crippen LogP contribution < -0.4 is 14.8 Å². The van der Waals surface area contributed by atoms with E-state index in [0.29, 0.717) is 17.6 Å². The number of carbonyl (C=O) groups excluding carboxylic acids is 2. The predicted octanol–water partition coefficient (Wildman–Crippen LogP) is 3.20. The highest BCUT2D eigenvalue weighted by atomic mass is 35.5. The number of likely N-dealkylation sites (N-methyl/N-ethyl adjacent to an activating group) is 1. The molecule has 10 heteroatoms. The van der Waals surface area contributed by atoms with Crippen molar-refractivity contribution in [3.63, 3.8) is 0 Å². The molecule has 0 radical (unpaired) electrons. The molecule has 1 N–H and O–H groups in total. The lowest BCUT2D eigenvalue weighted by atomic mass is 10.1. The zero-order valence-corrected chi connectivity index (χ0v) is 14.6. The lowest BCUT2D eigenvalue weighted by Gasteiger charge is -2.17. The summed E-state index contributed by atoms with van der Waals surface area (Å²) in [7, 11) is 1.34. The minimum atomic E-state index is -1.70. The highest BCUT2D eigenvalue weighted by Gasteiger charge is 2.23. The summed E-state index contributed by atoms with van der Waals surface area (Å²) in [6.07, 6.45) is 0. The molecule has 1 aliphatic heterocycles. The van der Waals surface area contributed by atoms with E-state index in [0.717, 1.165) is 11.0 Å². The Bertz CT molecular complexity index is 939. The van der Waals surface area contributed by atoms with E-state index in [1.54, 1.807) is 0 Å². The Balaban J connectivity index is 1.69. The molecule has 0 bridgehead atoms. The molecule has 0 unspecified atom stereocenters. The Morgan fingerprint density at radius 1 is 1.19 bits per heavy atom. The number of hydrogen-bond acceptors (Lipinski definition) is 4. The van der Waals surface area contributed by atoms with Gasteiger partial charge in [0.25, 0.3) is 5.91 Å². The van der Waals surface area contributed by atoms with Gasteiger partial charge in [-0.1, -0.05) is 11.6 Å². The SMILES string of the molecule is CN(CC(=O)Nc1ccc(F)c(F)c1F)C(=O)c1cc(Cl)c2c(c1)OCO2. The summed E-state index contributed by atoms with van der Waals surface area (Å²) < 4.78 is 50.1. The van der Waals surface area contributed by atoms with Crippen LogP contribution in [-0.2, 0) is 4.79 Å². The molecule has 27 heavy (non-hydrogen) atoms. The molecule has 0 atom stereocenters. The van der Waals surface area contributed by atoms with Crippen molar-refractivity contribution >= 4 is 29.1 Å². The standard InChI is InChI=1S/C17H12ClF3N2O4/c1-23(6-13(24)22-11-3-2-10(19)14(20)15(11)21)17(25)8-4-9(18)16-12(5-8)26-7-27-16/h2-5H,6-7H2,1H3,(H,22,24). The van der Waals surface area contributed by atoms with Gasteiger partial charge < -0.3 is 19.7 Å². The lowest BCUT2D eigenvalue weighted by Crippen LogP contribution is -2.35. The second-order valence-electron chi connectivity index (χ2n) is 5.62. The van der Waals surface area contributed by atoms with Crippen molar-refractivity contribution in [1.82, 2.24) is 4.90 Å². The molecule has 1 heterocycles.